The van der Waals surface area contributed by atoms with E-state index >= 15 is 0 Å². The Hall–Kier alpha value is -2.04. The zero-order chi connectivity index (χ0) is 15.7. The minimum Gasteiger partial charge on any atom is -0.466 e. The predicted octanol–water partition coefficient (Wildman–Crippen LogP) is 3.27. The van der Waals surface area contributed by atoms with Crippen LogP contribution in [-0.2, 0) is 9.53 Å². The first-order valence-electron chi connectivity index (χ1n) is 7.36. The Morgan fingerprint density at radius 3 is 2.48 bits per heavy atom. The molecule has 5 heteroatoms. The number of urea groups is 1. The molecule has 0 aromatic heterocycles. The van der Waals surface area contributed by atoms with Crippen LogP contribution in [0.25, 0.3) is 0 Å². The van der Waals surface area contributed by atoms with E-state index in [2.05, 4.69) is 5.32 Å². The predicted molar refractivity (Wildman–Crippen MR) is 83.2 cm³/mol. The zero-order valence-electron chi connectivity index (χ0n) is 13.0. The molecule has 0 radical (unpaired) electrons. The van der Waals surface area contributed by atoms with Crippen molar-refractivity contribution < 1.29 is 14.3 Å². The highest BCUT2D eigenvalue weighted by Gasteiger charge is 2.20. The highest BCUT2D eigenvalue weighted by Crippen LogP contribution is 2.11. The number of nitrogens with one attached hydrogen (secondary N) is 1. The van der Waals surface area contributed by atoms with Crippen molar-refractivity contribution >= 4 is 17.7 Å². The average Bonchev–Trinajstić information content (AvgIpc) is 2.48. The number of benzene rings is 1. The van der Waals surface area contributed by atoms with Crippen LogP contribution in [0.1, 0.15) is 33.6 Å². The number of carbonyl (C=O) groups excluding carboxylic acids is 2. The first-order chi connectivity index (χ1) is 10.1. The Morgan fingerprint density at radius 2 is 1.90 bits per heavy atom. The third kappa shape index (κ3) is 5.85. The molecule has 0 heterocycles. The standard InChI is InChI=1S/C16H24N2O3/c1-4-13(3)18(12-11-15(19)21-5-2)16(20)17-14-9-7-6-8-10-14/h6-10,13H,4-5,11-12H2,1-3H3,(H,17,20). The lowest BCUT2D eigenvalue weighted by Crippen LogP contribution is -2.42. The quantitative estimate of drug-likeness (QED) is 0.785. The molecular formula is C16H24N2O3. The van der Waals surface area contributed by atoms with Crippen molar-refractivity contribution in [3.05, 3.63) is 30.3 Å². The zero-order valence-corrected chi connectivity index (χ0v) is 13.0. The number of esters is 1. The number of amides is 2. The molecule has 116 valence electrons. The summed E-state index contributed by atoms with van der Waals surface area (Å²) in [7, 11) is 0. The summed E-state index contributed by atoms with van der Waals surface area (Å²) in [5, 5.41) is 2.85. The van der Waals surface area contributed by atoms with Gasteiger partial charge in [-0.15, -0.1) is 0 Å². The number of anilines is 1. The van der Waals surface area contributed by atoms with Gasteiger partial charge in [-0.3, -0.25) is 4.79 Å². The van der Waals surface area contributed by atoms with Crippen LogP contribution in [0.4, 0.5) is 10.5 Å². The fourth-order valence-corrected chi connectivity index (χ4v) is 1.90. The van der Waals surface area contributed by atoms with E-state index in [0.29, 0.717) is 13.2 Å². The second kappa shape index (κ2) is 9.00. The van der Waals surface area contributed by atoms with Crippen molar-refractivity contribution in [1.82, 2.24) is 4.90 Å². The summed E-state index contributed by atoms with van der Waals surface area (Å²) in [4.78, 5) is 25.5. The molecular weight excluding hydrogens is 268 g/mol. The lowest BCUT2D eigenvalue weighted by molar-refractivity contribution is -0.143. The van der Waals surface area contributed by atoms with Gasteiger partial charge in [0.2, 0.25) is 0 Å². The number of carbonyl (C=O) groups is 2. The second-order valence-corrected chi connectivity index (χ2v) is 4.80. The molecule has 0 bridgehead atoms. The summed E-state index contributed by atoms with van der Waals surface area (Å²) in [6.45, 7) is 6.46. The number of para-hydroxylation sites is 1. The van der Waals surface area contributed by atoms with E-state index in [-0.39, 0.29) is 24.5 Å². The first kappa shape index (κ1) is 17.0. The first-order valence-corrected chi connectivity index (χ1v) is 7.36. The van der Waals surface area contributed by atoms with Gasteiger partial charge in [0.05, 0.1) is 13.0 Å². The van der Waals surface area contributed by atoms with Gasteiger partial charge < -0.3 is 15.0 Å². The van der Waals surface area contributed by atoms with Crippen LogP contribution in [0.3, 0.4) is 0 Å². The molecule has 21 heavy (non-hydrogen) atoms. The van der Waals surface area contributed by atoms with Crippen LogP contribution in [0, 0.1) is 0 Å². The molecule has 0 aliphatic heterocycles. The Kier molecular flexibility index (Phi) is 7.29. The van der Waals surface area contributed by atoms with Crippen LogP contribution in [-0.4, -0.2) is 36.1 Å². The molecule has 1 rings (SSSR count). The van der Waals surface area contributed by atoms with Crippen molar-refractivity contribution in [2.75, 3.05) is 18.5 Å². The smallest absolute Gasteiger partial charge is 0.322 e. The number of hydrogen-bond acceptors (Lipinski definition) is 3. The molecule has 1 unspecified atom stereocenters. The minimum absolute atomic E-state index is 0.0585. The summed E-state index contributed by atoms with van der Waals surface area (Å²) in [5.41, 5.74) is 0.743. The van der Waals surface area contributed by atoms with Crippen molar-refractivity contribution in [3.8, 4) is 0 Å². The largest absolute Gasteiger partial charge is 0.466 e. The van der Waals surface area contributed by atoms with Crippen molar-refractivity contribution in [1.29, 1.82) is 0 Å². The fourth-order valence-electron chi connectivity index (χ4n) is 1.90. The molecule has 0 spiro atoms. The molecule has 0 saturated heterocycles. The third-order valence-corrected chi connectivity index (χ3v) is 3.27. The third-order valence-electron chi connectivity index (χ3n) is 3.27. The van der Waals surface area contributed by atoms with Gasteiger partial charge in [0.15, 0.2) is 0 Å². The lowest BCUT2D eigenvalue weighted by atomic mass is 10.2. The number of nitrogens with zero attached hydrogens (tertiary/aromatic N) is 1. The van der Waals surface area contributed by atoms with Crippen LogP contribution in [0.15, 0.2) is 30.3 Å². The SMILES string of the molecule is CCOC(=O)CCN(C(=O)Nc1ccccc1)C(C)CC. The number of ether oxygens (including phenoxy) is 1. The van der Waals surface area contributed by atoms with Gasteiger partial charge in [0.25, 0.3) is 0 Å². The molecule has 1 atom stereocenters. The number of rotatable bonds is 7. The molecule has 2 amide bonds. The van der Waals surface area contributed by atoms with Gasteiger partial charge in [-0.25, -0.2) is 4.79 Å². The van der Waals surface area contributed by atoms with Gasteiger partial charge in [-0.2, -0.15) is 0 Å². The van der Waals surface area contributed by atoms with E-state index in [0.717, 1.165) is 12.1 Å². The topological polar surface area (TPSA) is 58.6 Å². The lowest BCUT2D eigenvalue weighted by Gasteiger charge is -2.28. The van der Waals surface area contributed by atoms with Crippen molar-refractivity contribution in [3.63, 3.8) is 0 Å². The molecule has 0 saturated carbocycles. The Bertz CT molecular complexity index is 448. The van der Waals surface area contributed by atoms with E-state index in [1.54, 1.807) is 11.8 Å². The number of hydrogen-bond donors (Lipinski definition) is 1. The van der Waals surface area contributed by atoms with E-state index in [1.807, 2.05) is 44.2 Å². The molecule has 1 aromatic carbocycles. The van der Waals surface area contributed by atoms with Crippen LogP contribution in [0.5, 0.6) is 0 Å². The maximum Gasteiger partial charge on any atom is 0.322 e. The van der Waals surface area contributed by atoms with E-state index < -0.39 is 0 Å². The van der Waals surface area contributed by atoms with Crippen molar-refractivity contribution in [2.45, 2.75) is 39.7 Å². The van der Waals surface area contributed by atoms with Crippen LogP contribution < -0.4 is 5.32 Å². The van der Waals surface area contributed by atoms with Crippen LogP contribution >= 0.6 is 0 Å². The minimum atomic E-state index is -0.279. The Labute approximate surface area is 126 Å². The maximum atomic E-state index is 12.3. The molecule has 0 aliphatic carbocycles. The Balaban J connectivity index is 2.64. The van der Waals surface area contributed by atoms with E-state index in [4.69, 9.17) is 4.74 Å². The Morgan fingerprint density at radius 1 is 1.24 bits per heavy atom. The van der Waals surface area contributed by atoms with Gasteiger partial charge in [0.1, 0.15) is 0 Å². The van der Waals surface area contributed by atoms with Gasteiger partial charge in [-0.05, 0) is 32.4 Å². The summed E-state index contributed by atoms with van der Waals surface area (Å²) in [6.07, 6.45) is 1.03. The monoisotopic (exact) mass is 292 g/mol. The highest BCUT2D eigenvalue weighted by molar-refractivity contribution is 5.89. The average molecular weight is 292 g/mol. The van der Waals surface area contributed by atoms with Gasteiger partial charge in [-0.1, -0.05) is 25.1 Å². The summed E-state index contributed by atoms with van der Waals surface area (Å²) < 4.78 is 4.91. The fraction of sp³-hybridized carbons (Fsp3) is 0.500. The summed E-state index contributed by atoms with van der Waals surface area (Å²) in [5.74, 6) is -0.279. The molecule has 0 aliphatic rings. The molecule has 5 nitrogen and oxygen atoms in total. The van der Waals surface area contributed by atoms with E-state index in [9.17, 15) is 9.59 Å². The summed E-state index contributed by atoms with van der Waals surface area (Å²) in [6, 6.07) is 9.14. The second-order valence-electron chi connectivity index (χ2n) is 4.80. The van der Waals surface area contributed by atoms with Gasteiger partial charge >= 0.3 is 12.0 Å². The highest BCUT2D eigenvalue weighted by atomic mass is 16.5. The molecule has 1 N–H and O–H groups in total. The molecule has 0 fully saturated rings. The summed E-state index contributed by atoms with van der Waals surface area (Å²) >= 11 is 0. The maximum absolute atomic E-state index is 12.3. The van der Waals surface area contributed by atoms with E-state index in [1.165, 1.54) is 0 Å². The molecule has 1 aromatic rings. The van der Waals surface area contributed by atoms with Crippen LogP contribution in [0.2, 0.25) is 0 Å². The normalized spacial score (nSPS) is 11.6. The van der Waals surface area contributed by atoms with Gasteiger partial charge in [0, 0.05) is 18.3 Å². The van der Waals surface area contributed by atoms with Crippen molar-refractivity contribution in [2.24, 2.45) is 0 Å².